The first-order chi connectivity index (χ1) is 68.3. The average Bonchev–Trinajstić information content (AvgIpc) is 0.502. The van der Waals surface area contributed by atoms with Crippen LogP contribution in [-0.2, 0) is 0 Å². The zero-order chi connectivity index (χ0) is 91.4. The molecular weight excluding hydrogens is 1680 g/mol. The third kappa shape index (κ3) is 15.6. The van der Waals surface area contributed by atoms with Gasteiger partial charge in [0.25, 0.3) is 0 Å². The van der Waals surface area contributed by atoms with Gasteiger partial charge >= 0.3 is 0 Å². The molecule has 27 rings (SSSR count). The molecule has 0 amide bonds. The second kappa shape index (κ2) is 35.1. The Balaban J connectivity index is 0.000000110. The van der Waals surface area contributed by atoms with Crippen molar-refractivity contribution in [2.45, 2.75) is 0 Å². The van der Waals surface area contributed by atoms with E-state index >= 15 is 0 Å². The van der Waals surface area contributed by atoms with Crippen LogP contribution in [0.25, 0.3) is 265 Å². The summed E-state index contributed by atoms with van der Waals surface area (Å²) in [7, 11) is 0. The Hall–Kier alpha value is -18.6. The monoisotopic (exact) mass is 1760 g/mol. The van der Waals surface area contributed by atoms with E-state index in [0.717, 1.165) is 199 Å². The fourth-order valence-electron chi connectivity index (χ4n) is 19.4. The van der Waals surface area contributed by atoms with Crippen molar-refractivity contribution in [1.29, 1.82) is 0 Å². The van der Waals surface area contributed by atoms with Crippen molar-refractivity contribution in [3.05, 3.63) is 485 Å². The molecule has 0 aliphatic carbocycles. The van der Waals surface area contributed by atoms with Crippen molar-refractivity contribution in [2.24, 2.45) is 0 Å². The number of hydrogen-bond donors (Lipinski definition) is 0. The van der Waals surface area contributed by atoms with Gasteiger partial charge in [-0.05, 0) is 173 Å². The van der Waals surface area contributed by atoms with Gasteiger partial charge in [0.15, 0.2) is 17.5 Å². The Morgan fingerprint density at radius 3 is 0.913 bits per heavy atom. The van der Waals surface area contributed by atoms with Crippen LogP contribution in [0.5, 0.6) is 0 Å². The van der Waals surface area contributed by atoms with Gasteiger partial charge in [0.2, 0.25) is 0 Å². The molecule has 7 aromatic heterocycles. The third-order valence-electron chi connectivity index (χ3n) is 26.4. The fourth-order valence-corrected chi connectivity index (χ4v) is 19.4. The smallest absolute Gasteiger partial charge is 0.160 e. The minimum atomic E-state index is 0.696. The number of rotatable bonds is 12. The predicted molar refractivity (Wildman–Crippen MR) is 573 cm³/mol. The lowest BCUT2D eigenvalue weighted by Crippen LogP contribution is -1.97. The summed E-state index contributed by atoms with van der Waals surface area (Å²) in [6, 6.07) is 167. The maximum absolute atomic E-state index is 5.34. The van der Waals surface area contributed by atoms with E-state index in [2.05, 4.69) is 424 Å². The number of fused-ring (bicyclic) bond motifs is 15. The molecule has 10 nitrogen and oxygen atoms in total. The Morgan fingerprint density at radius 1 is 0.130 bits per heavy atom. The number of hydrogen-bond acceptors (Lipinski definition) is 10. The summed E-state index contributed by atoms with van der Waals surface area (Å²) in [6.45, 7) is 0. The Morgan fingerprint density at radius 2 is 0.428 bits per heavy atom. The first-order valence-electron chi connectivity index (χ1n) is 46.4. The van der Waals surface area contributed by atoms with E-state index in [-0.39, 0.29) is 0 Å². The van der Waals surface area contributed by atoms with Crippen molar-refractivity contribution < 1.29 is 0 Å². The van der Waals surface area contributed by atoms with Crippen molar-refractivity contribution in [2.75, 3.05) is 0 Å². The van der Waals surface area contributed by atoms with Crippen LogP contribution in [0.3, 0.4) is 0 Å². The van der Waals surface area contributed by atoms with E-state index in [4.69, 9.17) is 44.9 Å². The van der Waals surface area contributed by atoms with Gasteiger partial charge in [-0.25, -0.2) is 44.9 Å². The molecule has 27 aromatic rings. The largest absolute Gasteiger partial charge is 0.256 e. The number of benzene rings is 20. The molecule has 0 atom stereocenters. The Kier molecular flexibility index (Phi) is 20.7. The first-order valence-corrected chi connectivity index (χ1v) is 46.4. The summed E-state index contributed by atoms with van der Waals surface area (Å²) in [5.41, 5.74) is 24.7. The number of pyridine rings is 4. The minimum absolute atomic E-state index is 0.696. The van der Waals surface area contributed by atoms with Gasteiger partial charge in [0, 0.05) is 111 Å². The highest BCUT2D eigenvalue weighted by Gasteiger charge is 2.23. The third-order valence-corrected chi connectivity index (χ3v) is 26.4. The first kappa shape index (κ1) is 81.4. The standard InChI is InChI=1S/C47H29N3.C43H27N3.C38H24N4/c1-3-12-34-27-36(22-19-30(34)9-1)43-17-8-18-44(48-43)37-23-21-33-25-26-41-45(40-16-7-14-32-11-5-6-15-39(32)40)49-47(50-46(41)42(33)29-37)38-24-20-31-10-2-4-13-35(31)28-38;1-2-12-31(13-3-1)43-45-41(34-23-20-28-10-4-5-14-32(28)26-34)37-25-24-30-21-22-33(27-38(30)42(37)46-43)39-18-9-19-40(44-39)36-17-8-15-29-11-6-7-16-35(29)36;1-3-9-26(10-4-1)33-14-7-15-34(40-33)29-18-16-25-20-21-31-36(30-19-17-27-13-8-22-39-35(27)24-30)41-38(28-11-5-2-6-12-28)42-37(31)32(25)23-29/h1-29H;1-27H;1-24H. The molecule has 0 fully saturated rings. The van der Waals surface area contributed by atoms with Gasteiger partial charge in [-0.3, -0.25) is 4.98 Å². The minimum Gasteiger partial charge on any atom is -0.256 e. The molecule has 20 aromatic carbocycles. The predicted octanol–water partition coefficient (Wildman–Crippen LogP) is 32.9. The van der Waals surface area contributed by atoms with Gasteiger partial charge in [-0.2, -0.15) is 0 Å². The molecule has 0 bridgehead atoms. The summed E-state index contributed by atoms with van der Waals surface area (Å²) in [6.07, 6.45) is 1.83. The molecule has 0 saturated heterocycles. The molecule has 7 heterocycles. The van der Waals surface area contributed by atoms with Crippen molar-refractivity contribution >= 4 is 130 Å². The molecule has 0 spiro atoms. The summed E-state index contributed by atoms with van der Waals surface area (Å²) >= 11 is 0. The van der Waals surface area contributed by atoms with Gasteiger partial charge in [-0.1, -0.05) is 376 Å². The second-order valence-corrected chi connectivity index (χ2v) is 34.9. The SMILES string of the molecule is c1cc(-c2ccc3ccccc3c2)nc(-c2ccc3ccc4c(-c5cccc6ccccc56)nc(-c5ccc6ccccc6c5)nc4c3c2)c1.c1ccc(-c2cccc(-c3ccc4ccc5c(-c6ccc7cccnc7c6)nc(-c6ccccc6)nc5c4c3)n2)cc1.c1ccc(-c2nc(-c3ccc4ccccc4c3)c3ccc4ccc(-c5cccc(-c6cccc7ccccc67)n5)cc4c3n2)cc1. The van der Waals surface area contributed by atoms with Crippen LogP contribution < -0.4 is 0 Å². The van der Waals surface area contributed by atoms with Crippen molar-refractivity contribution in [3.63, 3.8) is 0 Å². The normalized spacial score (nSPS) is 11.5. The lowest BCUT2D eigenvalue weighted by molar-refractivity contribution is 1.23. The quantitative estimate of drug-likeness (QED) is 0.109. The van der Waals surface area contributed by atoms with Crippen LogP contribution in [0.1, 0.15) is 0 Å². The number of nitrogens with zero attached hydrogens (tertiary/aromatic N) is 10. The lowest BCUT2D eigenvalue weighted by atomic mass is 9.96. The van der Waals surface area contributed by atoms with Crippen molar-refractivity contribution in [1.82, 2.24) is 49.8 Å². The molecule has 0 radical (unpaired) electrons. The van der Waals surface area contributed by atoms with E-state index in [0.29, 0.717) is 17.5 Å². The highest BCUT2D eigenvalue weighted by atomic mass is 14.9. The summed E-state index contributed by atoms with van der Waals surface area (Å²) < 4.78 is 0. The highest BCUT2D eigenvalue weighted by molar-refractivity contribution is 6.16. The maximum atomic E-state index is 5.34. The summed E-state index contributed by atoms with van der Waals surface area (Å²) in [5, 5.41) is 22.7. The van der Waals surface area contributed by atoms with Gasteiger partial charge in [-0.15, -0.1) is 0 Å². The van der Waals surface area contributed by atoms with Crippen LogP contribution in [0.4, 0.5) is 0 Å². The van der Waals surface area contributed by atoms with Crippen LogP contribution in [0, 0.1) is 0 Å². The van der Waals surface area contributed by atoms with E-state index in [9.17, 15) is 0 Å². The van der Waals surface area contributed by atoms with E-state index in [1.165, 1.54) is 48.5 Å². The summed E-state index contributed by atoms with van der Waals surface area (Å²) in [5.74, 6) is 2.12. The Bertz CT molecular complexity index is 9490. The molecule has 0 aliphatic rings. The van der Waals surface area contributed by atoms with Crippen LogP contribution in [0.2, 0.25) is 0 Å². The van der Waals surface area contributed by atoms with E-state index in [1.807, 2.05) is 66.9 Å². The average molecular weight is 1760 g/mol. The summed E-state index contributed by atoms with van der Waals surface area (Å²) in [4.78, 5) is 51.3. The topological polar surface area (TPSA) is 129 Å². The van der Waals surface area contributed by atoms with E-state index < -0.39 is 0 Å². The van der Waals surface area contributed by atoms with E-state index in [1.54, 1.807) is 0 Å². The number of aromatic nitrogens is 10. The van der Waals surface area contributed by atoms with Gasteiger partial charge < -0.3 is 0 Å². The molecule has 0 N–H and O–H groups in total. The fraction of sp³-hybridized carbons (Fsp3) is 0. The van der Waals surface area contributed by atoms with Gasteiger partial charge in [0.1, 0.15) is 0 Å². The molecule has 0 aliphatic heterocycles. The molecule has 0 saturated carbocycles. The second-order valence-electron chi connectivity index (χ2n) is 34.9. The maximum Gasteiger partial charge on any atom is 0.160 e. The molecule has 642 valence electrons. The molecular formula is C128H80N10. The lowest BCUT2D eigenvalue weighted by Gasteiger charge is -2.14. The highest BCUT2D eigenvalue weighted by Crippen LogP contribution is 2.44. The van der Waals surface area contributed by atoms with Crippen LogP contribution in [-0.4, -0.2) is 49.8 Å². The zero-order valence-electron chi connectivity index (χ0n) is 74.7. The molecule has 10 heteroatoms. The Labute approximate surface area is 795 Å². The van der Waals surface area contributed by atoms with Crippen LogP contribution in [0.15, 0.2) is 485 Å². The van der Waals surface area contributed by atoms with Crippen LogP contribution >= 0.6 is 0 Å². The molecule has 0 unspecified atom stereocenters. The van der Waals surface area contributed by atoms with Crippen molar-refractivity contribution in [3.8, 4) is 135 Å². The van der Waals surface area contributed by atoms with Gasteiger partial charge in [0.05, 0.1) is 73.3 Å². The zero-order valence-corrected chi connectivity index (χ0v) is 74.7. The molecule has 138 heavy (non-hydrogen) atoms.